The molecule has 0 unspecified atom stereocenters. The van der Waals surface area contributed by atoms with Gasteiger partial charge in [-0.2, -0.15) is 0 Å². The minimum Gasteiger partial charge on any atom is -0.399 e. The van der Waals surface area contributed by atoms with E-state index in [2.05, 4.69) is 0 Å². The van der Waals surface area contributed by atoms with Gasteiger partial charge in [0.25, 0.3) is 0 Å². The third kappa shape index (κ3) is 2.73. The van der Waals surface area contributed by atoms with Crippen LogP contribution in [0.25, 0.3) is 0 Å². The topological polar surface area (TPSA) is 80.4 Å². The molecule has 0 bridgehead atoms. The second-order valence-corrected chi connectivity index (χ2v) is 7.62. The molecule has 0 aliphatic carbocycles. The van der Waals surface area contributed by atoms with Crippen LogP contribution in [0.5, 0.6) is 0 Å². The molecule has 1 aromatic carbocycles. The van der Waals surface area contributed by atoms with Crippen LogP contribution in [0.4, 0.5) is 5.69 Å². The monoisotopic (exact) mass is 277 g/mol. The number of aliphatic hydroxyl groups is 1. The van der Waals surface area contributed by atoms with E-state index < -0.39 is 20.1 Å². The van der Waals surface area contributed by atoms with Crippen molar-refractivity contribution in [2.24, 2.45) is 0 Å². The van der Waals surface area contributed by atoms with E-state index in [1.54, 1.807) is 24.3 Å². The summed E-state index contributed by atoms with van der Waals surface area (Å²) < 4.78 is 21.8. The van der Waals surface area contributed by atoms with Crippen molar-refractivity contribution in [3.05, 3.63) is 29.8 Å². The zero-order chi connectivity index (χ0) is 13.3. The summed E-state index contributed by atoms with van der Waals surface area (Å²) in [5.74, 6) is -0.126. The van der Waals surface area contributed by atoms with Gasteiger partial charge in [-0.15, -0.1) is 0 Å². The molecule has 3 N–H and O–H groups in total. The summed E-state index contributed by atoms with van der Waals surface area (Å²) in [6, 6.07) is 6.30. The van der Waals surface area contributed by atoms with Crippen LogP contribution in [0.1, 0.15) is 25.5 Å². The van der Waals surface area contributed by atoms with Gasteiger partial charge in [0, 0.05) is 11.4 Å². The van der Waals surface area contributed by atoms with Crippen molar-refractivity contribution < 1.29 is 13.5 Å². The standard InChI is InChI=1S/C11H16ClNO3S/c1-3-17(15,16)11(2,12)10(14)8-4-6-9(13)7-5-8/h4-7,10,14H,3,13H2,1-2H3/t10-,11-/m1/s1. The number of alkyl halides is 1. The summed E-state index contributed by atoms with van der Waals surface area (Å²) in [5.41, 5.74) is 6.48. The lowest BCUT2D eigenvalue weighted by Gasteiger charge is -2.27. The summed E-state index contributed by atoms with van der Waals surface area (Å²) >= 11 is 5.98. The number of hydrogen-bond donors (Lipinski definition) is 2. The molecule has 17 heavy (non-hydrogen) atoms. The van der Waals surface area contributed by atoms with Crippen LogP contribution in [0.2, 0.25) is 0 Å². The number of nitrogen functional groups attached to an aromatic ring is 1. The molecule has 0 saturated carbocycles. The van der Waals surface area contributed by atoms with Crippen LogP contribution in [0.15, 0.2) is 24.3 Å². The molecule has 0 spiro atoms. The molecular formula is C11H16ClNO3S. The Morgan fingerprint density at radius 1 is 1.41 bits per heavy atom. The van der Waals surface area contributed by atoms with Gasteiger partial charge in [-0.1, -0.05) is 30.7 Å². The smallest absolute Gasteiger partial charge is 0.172 e. The van der Waals surface area contributed by atoms with Crippen molar-refractivity contribution in [3.8, 4) is 0 Å². The fourth-order valence-electron chi connectivity index (χ4n) is 1.43. The fraction of sp³-hybridized carbons (Fsp3) is 0.455. The first kappa shape index (κ1) is 14.3. The highest BCUT2D eigenvalue weighted by Crippen LogP contribution is 2.37. The van der Waals surface area contributed by atoms with Crippen molar-refractivity contribution in [1.29, 1.82) is 0 Å². The fourth-order valence-corrected chi connectivity index (χ4v) is 2.92. The van der Waals surface area contributed by atoms with Gasteiger partial charge in [0.1, 0.15) is 6.10 Å². The second-order valence-electron chi connectivity index (χ2n) is 3.96. The molecule has 0 aliphatic heterocycles. The molecule has 0 saturated heterocycles. The minimum atomic E-state index is -3.57. The van der Waals surface area contributed by atoms with Crippen LogP contribution in [0.3, 0.4) is 0 Å². The summed E-state index contributed by atoms with van der Waals surface area (Å²) in [7, 11) is -3.57. The molecule has 0 aromatic heterocycles. The number of sulfone groups is 1. The van der Waals surface area contributed by atoms with Gasteiger partial charge >= 0.3 is 0 Å². The van der Waals surface area contributed by atoms with Gasteiger partial charge < -0.3 is 10.8 Å². The lowest BCUT2D eigenvalue weighted by atomic mass is 10.1. The van der Waals surface area contributed by atoms with Gasteiger partial charge in [0.05, 0.1) is 0 Å². The molecule has 0 heterocycles. The maximum absolute atomic E-state index is 11.8. The van der Waals surface area contributed by atoms with E-state index in [9.17, 15) is 13.5 Å². The number of nitrogens with two attached hydrogens (primary N) is 1. The highest BCUT2D eigenvalue weighted by Gasteiger charge is 2.43. The SMILES string of the molecule is CCS(=O)(=O)[C@@](C)(Cl)[C@H](O)c1ccc(N)cc1. The van der Waals surface area contributed by atoms with Crippen molar-refractivity contribution in [1.82, 2.24) is 0 Å². The van der Waals surface area contributed by atoms with Crippen LogP contribution in [-0.4, -0.2) is 23.5 Å². The first-order valence-electron chi connectivity index (χ1n) is 5.17. The largest absolute Gasteiger partial charge is 0.399 e. The van der Waals surface area contributed by atoms with Crippen molar-refractivity contribution in [3.63, 3.8) is 0 Å². The van der Waals surface area contributed by atoms with Gasteiger partial charge in [-0.05, 0) is 24.6 Å². The zero-order valence-corrected chi connectivity index (χ0v) is 11.3. The summed E-state index contributed by atoms with van der Waals surface area (Å²) in [5, 5.41) is 10.1. The molecule has 2 atom stereocenters. The normalized spacial score (nSPS) is 17.4. The number of rotatable bonds is 4. The third-order valence-corrected chi connectivity index (χ3v) is 5.84. The van der Waals surface area contributed by atoms with E-state index in [0.29, 0.717) is 11.3 Å². The molecule has 0 fully saturated rings. The first-order chi connectivity index (χ1) is 7.72. The zero-order valence-electron chi connectivity index (χ0n) is 9.72. The van der Waals surface area contributed by atoms with Crippen LogP contribution in [0, 0.1) is 0 Å². The lowest BCUT2D eigenvalue weighted by molar-refractivity contribution is 0.162. The predicted molar refractivity (Wildman–Crippen MR) is 69.5 cm³/mol. The number of hydrogen-bond acceptors (Lipinski definition) is 4. The van der Waals surface area contributed by atoms with Gasteiger partial charge in [0.2, 0.25) is 0 Å². The number of benzene rings is 1. The van der Waals surface area contributed by atoms with E-state index in [0.717, 1.165) is 0 Å². The molecule has 0 radical (unpaired) electrons. The molecule has 6 heteroatoms. The second kappa shape index (κ2) is 4.84. The molecule has 0 amide bonds. The lowest BCUT2D eigenvalue weighted by Crippen LogP contribution is -2.37. The maximum Gasteiger partial charge on any atom is 0.172 e. The Kier molecular flexibility index (Phi) is 4.06. The number of halogens is 1. The Hall–Kier alpha value is -0.780. The molecule has 1 rings (SSSR count). The van der Waals surface area contributed by atoms with Crippen LogP contribution < -0.4 is 5.73 Å². The van der Waals surface area contributed by atoms with Crippen molar-refractivity contribution >= 4 is 27.1 Å². The van der Waals surface area contributed by atoms with E-state index in [4.69, 9.17) is 17.3 Å². The molecule has 96 valence electrons. The van der Waals surface area contributed by atoms with Gasteiger partial charge in [0.15, 0.2) is 14.0 Å². The van der Waals surface area contributed by atoms with E-state index in [1.807, 2.05) is 0 Å². The summed E-state index contributed by atoms with van der Waals surface area (Å²) in [6.07, 6.45) is -1.30. The van der Waals surface area contributed by atoms with Gasteiger partial charge in [-0.25, -0.2) is 8.42 Å². The third-order valence-electron chi connectivity index (χ3n) is 2.73. The Morgan fingerprint density at radius 3 is 2.29 bits per heavy atom. The van der Waals surface area contributed by atoms with Crippen molar-refractivity contribution in [2.45, 2.75) is 24.2 Å². The van der Waals surface area contributed by atoms with E-state index in [1.165, 1.54) is 13.8 Å². The molecule has 1 aromatic rings. The van der Waals surface area contributed by atoms with Crippen LogP contribution >= 0.6 is 11.6 Å². The molecule has 0 aliphatic rings. The van der Waals surface area contributed by atoms with Gasteiger partial charge in [-0.3, -0.25) is 0 Å². The maximum atomic E-state index is 11.8. The first-order valence-corrected chi connectivity index (χ1v) is 7.20. The van der Waals surface area contributed by atoms with E-state index in [-0.39, 0.29) is 5.75 Å². The number of aliphatic hydroxyl groups excluding tert-OH is 1. The van der Waals surface area contributed by atoms with Crippen LogP contribution in [-0.2, 0) is 9.84 Å². The van der Waals surface area contributed by atoms with E-state index >= 15 is 0 Å². The highest BCUT2D eigenvalue weighted by atomic mass is 35.5. The molecule has 4 nitrogen and oxygen atoms in total. The van der Waals surface area contributed by atoms with Crippen molar-refractivity contribution in [2.75, 3.05) is 11.5 Å². The minimum absolute atomic E-state index is 0.126. The average molecular weight is 278 g/mol. The molecular weight excluding hydrogens is 262 g/mol. The summed E-state index contributed by atoms with van der Waals surface area (Å²) in [6.45, 7) is 2.79. The predicted octanol–water partition coefficient (Wildman–Crippen LogP) is 1.69. The Labute approximate surface area is 106 Å². The Bertz CT molecular complexity index is 482. The Morgan fingerprint density at radius 2 is 1.88 bits per heavy atom. The number of anilines is 1. The Balaban J connectivity index is 3.12. The highest BCUT2D eigenvalue weighted by molar-refractivity contribution is 7.94. The average Bonchev–Trinajstić information content (AvgIpc) is 2.28. The quantitative estimate of drug-likeness (QED) is 0.648. The summed E-state index contributed by atoms with van der Waals surface area (Å²) in [4.78, 5) is 0.